The molecule has 2 aromatic carbocycles. The lowest BCUT2D eigenvalue weighted by Gasteiger charge is -2.09. The quantitative estimate of drug-likeness (QED) is 0.879. The average Bonchev–Trinajstić information content (AvgIpc) is 2.49. The van der Waals surface area contributed by atoms with Crippen molar-refractivity contribution >= 4 is 17.3 Å². The Hall–Kier alpha value is -2.36. The maximum atomic E-state index is 13.4. The molecule has 0 spiro atoms. The lowest BCUT2D eigenvalue weighted by atomic mass is 10.1. The summed E-state index contributed by atoms with van der Waals surface area (Å²) in [5.74, 6) is -0.448. The molecular formula is C17H19FN2O. The van der Waals surface area contributed by atoms with Gasteiger partial charge >= 0.3 is 0 Å². The molecule has 0 aliphatic rings. The first kappa shape index (κ1) is 15.0. The van der Waals surface area contributed by atoms with Crippen LogP contribution in [0.3, 0.4) is 0 Å². The monoisotopic (exact) mass is 286 g/mol. The lowest BCUT2D eigenvalue weighted by molar-refractivity contribution is -0.114. The van der Waals surface area contributed by atoms with Crippen molar-refractivity contribution < 1.29 is 9.18 Å². The summed E-state index contributed by atoms with van der Waals surface area (Å²) >= 11 is 0. The maximum Gasteiger partial charge on any atom is 0.243 e. The highest BCUT2D eigenvalue weighted by atomic mass is 19.1. The number of amides is 1. The summed E-state index contributed by atoms with van der Waals surface area (Å²) in [7, 11) is 0. The highest BCUT2D eigenvalue weighted by Gasteiger charge is 2.04. The van der Waals surface area contributed by atoms with Crippen LogP contribution in [0.2, 0.25) is 0 Å². The minimum Gasteiger partial charge on any atom is -0.376 e. The second-order valence-electron chi connectivity index (χ2n) is 4.92. The Balaban J connectivity index is 1.87. The van der Waals surface area contributed by atoms with Crippen LogP contribution >= 0.6 is 0 Å². The zero-order valence-electron chi connectivity index (χ0n) is 12.2. The second-order valence-corrected chi connectivity index (χ2v) is 4.92. The van der Waals surface area contributed by atoms with Gasteiger partial charge < -0.3 is 10.6 Å². The molecule has 0 aliphatic carbocycles. The van der Waals surface area contributed by atoms with E-state index in [0.717, 1.165) is 12.1 Å². The number of halogens is 1. The highest BCUT2D eigenvalue weighted by molar-refractivity contribution is 5.93. The number of carbonyl (C=O) groups excluding carboxylic acids is 1. The van der Waals surface area contributed by atoms with Crippen LogP contribution in [0.25, 0.3) is 0 Å². The van der Waals surface area contributed by atoms with E-state index in [1.807, 2.05) is 24.3 Å². The topological polar surface area (TPSA) is 41.1 Å². The van der Waals surface area contributed by atoms with E-state index in [2.05, 4.69) is 17.6 Å². The van der Waals surface area contributed by atoms with Crippen LogP contribution in [0.1, 0.15) is 18.1 Å². The Kier molecular flexibility index (Phi) is 4.93. The number of benzene rings is 2. The molecule has 1 amide bonds. The van der Waals surface area contributed by atoms with E-state index in [1.165, 1.54) is 11.6 Å². The van der Waals surface area contributed by atoms with Crippen LogP contribution < -0.4 is 10.6 Å². The molecule has 0 radical (unpaired) electrons. The molecule has 0 atom stereocenters. The molecule has 0 unspecified atom stereocenters. The predicted molar refractivity (Wildman–Crippen MR) is 84.1 cm³/mol. The molecule has 0 heterocycles. The number of nitrogens with one attached hydrogen (secondary N) is 2. The normalized spacial score (nSPS) is 10.2. The Labute approximate surface area is 124 Å². The number of aryl methyl sites for hydroxylation is 2. The molecule has 0 saturated carbocycles. The van der Waals surface area contributed by atoms with Crippen LogP contribution in [0.15, 0.2) is 42.5 Å². The first-order valence-electron chi connectivity index (χ1n) is 6.97. The Morgan fingerprint density at radius 2 is 1.76 bits per heavy atom. The molecule has 2 aromatic rings. The van der Waals surface area contributed by atoms with Gasteiger partial charge in [-0.25, -0.2) is 4.39 Å². The first-order valence-corrected chi connectivity index (χ1v) is 6.97. The number of anilines is 2. The predicted octanol–water partition coefficient (Wildman–Crippen LogP) is 3.75. The van der Waals surface area contributed by atoms with E-state index >= 15 is 0 Å². The molecule has 0 fully saturated rings. The highest BCUT2D eigenvalue weighted by Crippen LogP contribution is 2.13. The zero-order valence-corrected chi connectivity index (χ0v) is 12.2. The molecule has 4 heteroatoms. The van der Waals surface area contributed by atoms with E-state index in [0.29, 0.717) is 11.3 Å². The van der Waals surface area contributed by atoms with Crippen molar-refractivity contribution in [3.05, 3.63) is 59.4 Å². The standard InChI is InChI=1S/C17H19FN2O/c1-3-13-5-8-14(9-6-13)20-17(21)11-19-15-7-4-12(2)16(18)10-15/h4-10,19H,3,11H2,1-2H3,(H,20,21). The van der Waals surface area contributed by atoms with E-state index in [4.69, 9.17) is 0 Å². The molecule has 0 aromatic heterocycles. The van der Waals surface area contributed by atoms with Crippen LogP contribution in [-0.4, -0.2) is 12.5 Å². The van der Waals surface area contributed by atoms with Crippen molar-refractivity contribution in [1.29, 1.82) is 0 Å². The Bertz CT molecular complexity index is 623. The largest absolute Gasteiger partial charge is 0.376 e. The molecule has 0 bridgehead atoms. The van der Waals surface area contributed by atoms with Gasteiger partial charge in [-0.05, 0) is 48.7 Å². The van der Waals surface area contributed by atoms with Gasteiger partial charge in [0.05, 0.1) is 6.54 Å². The van der Waals surface area contributed by atoms with E-state index in [9.17, 15) is 9.18 Å². The van der Waals surface area contributed by atoms with Crippen molar-refractivity contribution in [3.63, 3.8) is 0 Å². The van der Waals surface area contributed by atoms with E-state index < -0.39 is 0 Å². The molecule has 2 rings (SSSR count). The molecule has 2 N–H and O–H groups in total. The van der Waals surface area contributed by atoms with Gasteiger partial charge in [-0.15, -0.1) is 0 Å². The SMILES string of the molecule is CCc1ccc(NC(=O)CNc2ccc(C)c(F)c2)cc1. The summed E-state index contributed by atoms with van der Waals surface area (Å²) in [5.41, 5.74) is 3.16. The van der Waals surface area contributed by atoms with Crippen molar-refractivity contribution in [2.75, 3.05) is 17.2 Å². The summed E-state index contributed by atoms with van der Waals surface area (Å²) in [4.78, 5) is 11.8. The number of rotatable bonds is 5. The van der Waals surface area contributed by atoms with Crippen LogP contribution in [0.5, 0.6) is 0 Å². The summed E-state index contributed by atoms with van der Waals surface area (Å²) < 4.78 is 13.4. The van der Waals surface area contributed by atoms with Gasteiger partial charge in [0.2, 0.25) is 5.91 Å². The molecule has 0 aliphatic heterocycles. The Morgan fingerprint density at radius 1 is 1.10 bits per heavy atom. The van der Waals surface area contributed by atoms with Crippen molar-refractivity contribution in [2.24, 2.45) is 0 Å². The average molecular weight is 286 g/mol. The van der Waals surface area contributed by atoms with Crippen molar-refractivity contribution in [2.45, 2.75) is 20.3 Å². The number of hydrogen-bond donors (Lipinski definition) is 2. The number of carbonyl (C=O) groups is 1. The molecule has 21 heavy (non-hydrogen) atoms. The smallest absolute Gasteiger partial charge is 0.243 e. The second kappa shape index (κ2) is 6.88. The summed E-state index contributed by atoms with van der Waals surface area (Å²) in [6, 6.07) is 12.5. The fourth-order valence-electron chi connectivity index (χ4n) is 1.91. The van der Waals surface area contributed by atoms with Crippen molar-refractivity contribution in [3.8, 4) is 0 Å². The summed E-state index contributed by atoms with van der Waals surface area (Å²) in [6.45, 7) is 3.88. The number of hydrogen-bond acceptors (Lipinski definition) is 2. The van der Waals surface area contributed by atoms with Gasteiger partial charge in [0.25, 0.3) is 0 Å². The van der Waals surface area contributed by atoms with Gasteiger partial charge in [0.15, 0.2) is 0 Å². The van der Waals surface area contributed by atoms with Crippen molar-refractivity contribution in [1.82, 2.24) is 0 Å². The van der Waals surface area contributed by atoms with E-state index in [1.54, 1.807) is 19.1 Å². The van der Waals surface area contributed by atoms with Gasteiger partial charge in [-0.1, -0.05) is 25.1 Å². The van der Waals surface area contributed by atoms with Crippen LogP contribution in [0, 0.1) is 12.7 Å². The van der Waals surface area contributed by atoms with Gasteiger partial charge in [-0.3, -0.25) is 4.79 Å². The molecular weight excluding hydrogens is 267 g/mol. The minimum atomic E-state index is -0.282. The summed E-state index contributed by atoms with van der Waals surface area (Å²) in [5, 5.41) is 5.70. The van der Waals surface area contributed by atoms with Crippen LogP contribution in [-0.2, 0) is 11.2 Å². The van der Waals surface area contributed by atoms with Gasteiger partial charge in [-0.2, -0.15) is 0 Å². The molecule has 3 nitrogen and oxygen atoms in total. The summed E-state index contributed by atoms with van der Waals surface area (Å²) in [6.07, 6.45) is 0.967. The fourth-order valence-corrected chi connectivity index (χ4v) is 1.91. The Morgan fingerprint density at radius 3 is 2.38 bits per heavy atom. The third-order valence-electron chi connectivity index (χ3n) is 3.27. The molecule has 0 saturated heterocycles. The van der Waals surface area contributed by atoms with Crippen LogP contribution in [0.4, 0.5) is 15.8 Å². The van der Waals surface area contributed by atoms with Gasteiger partial charge in [0, 0.05) is 11.4 Å². The lowest BCUT2D eigenvalue weighted by Crippen LogP contribution is -2.21. The minimum absolute atomic E-state index is 0.0953. The third kappa shape index (κ3) is 4.31. The maximum absolute atomic E-state index is 13.4. The zero-order chi connectivity index (χ0) is 15.2. The van der Waals surface area contributed by atoms with E-state index in [-0.39, 0.29) is 18.3 Å². The third-order valence-corrected chi connectivity index (χ3v) is 3.27. The first-order chi connectivity index (χ1) is 10.1. The fraction of sp³-hybridized carbons (Fsp3) is 0.235. The molecule has 110 valence electrons. The van der Waals surface area contributed by atoms with Gasteiger partial charge in [0.1, 0.15) is 5.82 Å².